The van der Waals surface area contributed by atoms with Gasteiger partial charge in [-0.2, -0.15) is 0 Å². The van der Waals surface area contributed by atoms with Crippen LogP contribution in [0.1, 0.15) is 19.0 Å². The Morgan fingerprint density at radius 3 is 2.81 bits per heavy atom. The molecular formula is C13H15NO2. The zero-order valence-electron chi connectivity index (χ0n) is 9.31. The molecule has 0 saturated heterocycles. The first-order chi connectivity index (χ1) is 7.72. The summed E-state index contributed by atoms with van der Waals surface area (Å²) in [7, 11) is 0. The molecule has 0 atom stereocenters. The number of aryl methyl sites for hydroxylation is 1. The lowest BCUT2D eigenvalue weighted by atomic mass is 10.2. The van der Waals surface area contributed by atoms with E-state index in [0.29, 0.717) is 0 Å². The fraction of sp³-hybridized carbons (Fsp3) is 0.308. The quantitative estimate of drug-likeness (QED) is 0.855. The fourth-order valence-corrected chi connectivity index (χ4v) is 2.05. The number of benzene rings is 1. The molecule has 2 rings (SSSR count). The molecule has 3 heteroatoms. The topological polar surface area (TPSA) is 42.2 Å². The van der Waals surface area contributed by atoms with Crippen molar-refractivity contribution in [3.63, 3.8) is 0 Å². The third kappa shape index (κ3) is 1.94. The van der Waals surface area contributed by atoms with Crippen molar-refractivity contribution >= 4 is 16.9 Å². The summed E-state index contributed by atoms with van der Waals surface area (Å²) in [6, 6.07) is 9.99. The predicted molar refractivity (Wildman–Crippen MR) is 63.6 cm³/mol. The molecule has 0 aliphatic heterocycles. The highest BCUT2D eigenvalue weighted by molar-refractivity contribution is 5.83. The van der Waals surface area contributed by atoms with Gasteiger partial charge in [0.15, 0.2) is 0 Å². The molecule has 0 aliphatic carbocycles. The zero-order valence-corrected chi connectivity index (χ0v) is 9.31. The van der Waals surface area contributed by atoms with Crippen molar-refractivity contribution < 1.29 is 9.90 Å². The number of aliphatic carboxylic acids is 1. The molecule has 0 bridgehead atoms. The molecule has 84 valence electrons. The second kappa shape index (κ2) is 4.39. The lowest BCUT2D eigenvalue weighted by molar-refractivity contribution is -0.137. The second-order valence-corrected chi connectivity index (χ2v) is 3.92. The standard InChI is InChI=1S/C13H15NO2/c1-2-5-11-8-10-6-3-4-7-12(10)14(11)9-13(15)16/h3-4,6-8H,2,5,9H2,1H3,(H,15,16). The molecule has 2 aromatic rings. The van der Waals surface area contributed by atoms with Crippen molar-refractivity contribution in [2.24, 2.45) is 0 Å². The highest BCUT2D eigenvalue weighted by Crippen LogP contribution is 2.20. The van der Waals surface area contributed by atoms with E-state index in [9.17, 15) is 4.79 Å². The molecule has 3 nitrogen and oxygen atoms in total. The molecule has 1 N–H and O–H groups in total. The molecule has 1 aromatic carbocycles. The van der Waals surface area contributed by atoms with E-state index < -0.39 is 5.97 Å². The number of carboxylic acids is 1. The minimum atomic E-state index is -0.793. The van der Waals surface area contributed by atoms with Crippen molar-refractivity contribution in [1.82, 2.24) is 4.57 Å². The van der Waals surface area contributed by atoms with Gasteiger partial charge in [-0.1, -0.05) is 31.5 Å². The number of aromatic nitrogens is 1. The normalized spacial score (nSPS) is 10.8. The van der Waals surface area contributed by atoms with Gasteiger partial charge in [0.1, 0.15) is 6.54 Å². The van der Waals surface area contributed by atoms with E-state index in [1.807, 2.05) is 28.8 Å². The van der Waals surface area contributed by atoms with Crippen molar-refractivity contribution in [3.05, 3.63) is 36.0 Å². The number of hydrogen-bond donors (Lipinski definition) is 1. The van der Waals surface area contributed by atoms with Crippen LogP contribution in [0.2, 0.25) is 0 Å². The second-order valence-electron chi connectivity index (χ2n) is 3.92. The summed E-state index contributed by atoms with van der Waals surface area (Å²) in [5.41, 5.74) is 2.11. The van der Waals surface area contributed by atoms with Gasteiger partial charge in [-0.05, 0) is 23.9 Å². The van der Waals surface area contributed by atoms with Crippen LogP contribution in [0, 0.1) is 0 Å². The lowest BCUT2D eigenvalue weighted by Gasteiger charge is -2.06. The van der Waals surface area contributed by atoms with Crippen molar-refractivity contribution in [2.45, 2.75) is 26.3 Å². The molecule has 0 fully saturated rings. The van der Waals surface area contributed by atoms with Gasteiger partial charge in [-0.15, -0.1) is 0 Å². The molecule has 0 unspecified atom stereocenters. The SMILES string of the molecule is CCCc1cc2ccccc2n1CC(=O)O. The lowest BCUT2D eigenvalue weighted by Crippen LogP contribution is -2.11. The van der Waals surface area contributed by atoms with Gasteiger partial charge < -0.3 is 9.67 Å². The van der Waals surface area contributed by atoms with Crippen LogP contribution in [-0.2, 0) is 17.8 Å². The molecule has 0 radical (unpaired) electrons. The van der Waals surface area contributed by atoms with E-state index in [1.165, 1.54) is 0 Å². The average Bonchev–Trinajstić information content (AvgIpc) is 2.57. The van der Waals surface area contributed by atoms with Crippen LogP contribution in [0.25, 0.3) is 10.9 Å². The number of carbonyl (C=O) groups is 1. The highest BCUT2D eigenvalue weighted by Gasteiger charge is 2.09. The van der Waals surface area contributed by atoms with E-state index in [-0.39, 0.29) is 6.54 Å². The predicted octanol–water partition coefficient (Wildman–Crippen LogP) is 2.68. The Morgan fingerprint density at radius 1 is 1.38 bits per heavy atom. The first kappa shape index (κ1) is 10.7. The first-order valence-corrected chi connectivity index (χ1v) is 5.51. The first-order valence-electron chi connectivity index (χ1n) is 5.51. The third-order valence-electron chi connectivity index (χ3n) is 2.70. The van der Waals surface area contributed by atoms with Crippen LogP contribution in [-0.4, -0.2) is 15.6 Å². The summed E-state index contributed by atoms with van der Waals surface area (Å²) < 4.78 is 1.89. The summed E-state index contributed by atoms with van der Waals surface area (Å²) in [6.07, 6.45) is 1.94. The number of nitrogens with zero attached hydrogens (tertiary/aromatic N) is 1. The molecule has 0 spiro atoms. The maximum absolute atomic E-state index is 10.8. The van der Waals surface area contributed by atoms with Crippen LogP contribution in [0.5, 0.6) is 0 Å². The smallest absolute Gasteiger partial charge is 0.323 e. The van der Waals surface area contributed by atoms with Crippen molar-refractivity contribution in [1.29, 1.82) is 0 Å². The molecule has 0 amide bonds. The fourth-order valence-electron chi connectivity index (χ4n) is 2.05. The summed E-state index contributed by atoms with van der Waals surface area (Å²) in [5, 5.41) is 10.0. The monoisotopic (exact) mass is 217 g/mol. The molecular weight excluding hydrogens is 202 g/mol. The summed E-state index contributed by atoms with van der Waals surface area (Å²) in [6.45, 7) is 2.14. The Morgan fingerprint density at radius 2 is 2.12 bits per heavy atom. The number of carboxylic acid groups (broad SMARTS) is 1. The van der Waals surface area contributed by atoms with Crippen molar-refractivity contribution in [2.75, 3.05) is 0 Å². The number of fused-ring (bicyclic) bond motifs is 1. The van der Waals surface area contributed by atoms with Gasteiger partial charge in [0.25, 0.3) is 0 Å². The van der Waals surface area contributed by atoms with Crippen LogP contribution in [0.3, 0.4) is 0 Å². The Hall–Kier alpha value is -1.77. The largest absolute Gasteiger partial charge is 0.480 e. The minimum absolute atomic E-state index is 0.0445. The maximum atomic E-state index is 10.8. The Labute approximate surface area is 94.3 Å². The van der Waals surface area contributed by atoms with Gasteiger partial charge in [0, 0.05) is 11.2 Å². The van der Waals surface area contributed by atoms with E-state index in [2.05, 4.69) is 13.0 Å². The molecule has 16 heavy (non-hydrogen) atoms. The summed E-state index contributed by atoms with van der Waals surface area (Å²) in [5.74, 6) is -0.793. The maximum Gasteiger partial charge on any atom is 0.323 e. The molecule has 0 saturated carbocycles. The Kier molecular flexibility index (Phi) is 2.95. The van der Waals surface area contributed by atoms with E-state index in [4.69, 9.17) is 5.11 Å². The Bertz CT molecular complexity index is 514. The molecule has 1 heterocycles. The van der Waals surface area contributed by atoms with E-state index in [1.54, 1.807) is 0 Å². The van der Waals surface area contributed by atoms with Gasteiger partial charge in [0.05, 0.1) is 0 Å². The van der Waals surface area contributed by atoms with Crippen molar-refractivity contribution in [3.8, 4) is 0 Å². The van der Waals surface area contributed by atoms with Gasteiger partial charge in [-0.25, -0.2) is 0 Å². The average molecular weight is 217 g/mol. The number of hydrogen-bond acceptors (Lipinski definition) is 1. The van der Waals surface area contributed by atoms with Gasteiger partial charge in [0.2, 0.25) is 0 Å². The summed E-state index contributed by atoms with van der Waals surface area (Å²) in [4.78, 5) is 10.8. The van der Waals surface area contributed by atoms with Gasteiger partial charge >= 0.3 is 5.97 Å². The van der Waals surface area contributed by atoms with Crippen LogP contribution in [0.4, 0.5) is 0 Å². The van der Waals surface area contributed by atoms with Crippen LogP contribution in [0.15, 0.2) is 30.3 Å². The number of para-hydroxylation sites is 1. The number of rotatable bonds is 4. The summed E-state index contributed by atoms with van der Waals surface area (Å²) >= 11 is 0. The van der Waals surface area contributed by atoms with Gasteiger partial charge in [-0.3, -0.25) is 4.79 Å². The van der Waals surface area contributed by atoms with E-state index in [0.717, 1.165) is 29.4 Å². The van der Waals surface area contributed by atoms with Crippen LogP contribution >= 0.6 is 0 Å². The third-order valence-corrected chi connectivity index (χ3v) is 2.70. The van der Waals surface area contributed by atoms with Crippen LogP contribution < -0.4 is 0 Å². The molecule has 0 aliphatic rings. The molecule has 1 aromatic heterocycles. The zero-order chi connectivity index (χ0) is 11.5. The Balaban J connectivity index is 2.54. The minimum Gasteiger partial charge on any atom is -0.480 e. The highest BCUT2D eigenvalue weighted by atomic mass is 16.4. The van der Waals surface area contributed by atoms with E-state index >= 15 is 0 Å².